The Morgan fingerprint density at radius 3 is 1.57 bits per heavy atom. The average Bonchev–Trinajstić information content (AvgIpc) is 2.23. The number of rotatable bonds is 5. The molecule has 0 atom stereocenters. The topological polar surface area (TPSA) is 63.6 Å². The zero-order valence-corrected chi connectivity index (χ0v) is 9.23. The van der Waals surface area contributed by atoms with Gasteiger partial charge in [-0.15, -0.1) is 0 Å². The Morgan fingerprint density at radius 2 is 1.24 bits per heavy atom. The Bertz CT molecular complexity index is 451. The first-order chi connectivity index (χ1) is 9.06. The van der Waals surface area contributed by atoms with Crippen LogP contribution in [0.15, 0.2) is 12.2 Å². The molecule has 21 heavy (non-hydrogen) atoms. The number of hydrogen-bond acceptors (Lipinski definition) is 3. The van der Waals surface area contributed by atoms with Crippen LogP contribution < -0.4 is 0 Å². The Labute approximate surface area is 108 Å². The third-order valence-corrected chi connectivity index (χ3v) is 1.71. The summed E-state index contributed by atoms with van der Waals surface area (Å²) in [6.45, 7) is 0. The number of carboxylic acids is 1. The zero-order chi connectivity index (χ0) is 17.3. The highest BCUT2D eigenvalue weighted by atomic mass is 19.4. The number of hydrogen-bond donors (Lipinski definition) is 1. The van der Waals surface area contributed by atoms with Gasteiger partial charge in [-0.05, 0) is 0 Å². The maximum atomic E-state index is 12.6. The lowest BCUT2D eigenvalue weighted by molar-refractivity contribution is -0.434. The van der Waals surface area contributed by atoms with E-state index in [1.165, 1.54) is 0 Å². The molecule has 0 saturated carbocycles. The van der Waals surface area contributed by atoms with Crippen LogP contribution >= 0.6 is 0 Å². The van der Waals surface area contributed by atoms with Crippen LogP contribution in [0.1, 0.15) is 0 Å². The fourth-order valence-electron chi connectivity index (χ4n) is 0.725. The average molecular weight is 334 g/mol. The van der Waals surface area contributed by atoms with E-state index in [4.69, 9.17) is 5.11 Å². The van der Waals surface area contributed by atoms with Crippen molar-refractivity contribution in [2.24, 2.45) is 0 Å². The first-order valence-electron chi connectivity index (χ1n) is 4.40. The quantitative estimate of drug-likeness (QED) is 0.477. The van der Waals surface area contributed by atoms with Gasteiger partial charge in [-0.3, -0.25) is 0 Å². The van der Waals surface area contributed by atoms with Gasteiger partial charge in [0.25, 0.3) is 0 Å². The van der Waals surface area contributed by atoms with Crippen molar-refractivity contribution in [2.75, 3.05) is 0 Å². The second kappa shape index (κ2) is 5.44. The number of ether oxygens (including phenoxy) is 1. The van der Waals surface area contributed by atoms with E-state index < -0.39 is 42.1 Å². The molecule has 122 valence electrons. The minimum absolute atomic E-state index is 0.196. The molecule has 0 aliphatic heterocycles. The van der Waals surface area contributed by atoms with Crippen LogP contribution in [0.25, 0.3) is 0 Å². The lowest BCUT2D eigenvalue weighted by Gasteiger charge is -2.32. The van der Waals surface area contributed by atoms with E-state index in [2.05, 4.69) is 4.74 Å². The molecule has 0 spiro atoms. The minimum atomic E-state index is -7.21. The Hall–Kier alpha value is -1.95. The molecule has 0 aromatic rings. The van der Waals surface area contributed by atoms with Crippen molar-refractivity contribution in [1.82, 2.24) is 0 Å². The molecule has 0 amide bonds. The molecule has 0 radical (unpaired) electrons. The standard InChI is InChI=1S/C8H3F9O4/c9-5(10,7(13,14)15)6(11,12)8(16,17)21-4(20)2-1-3(18)19/h1-2H,(H,18,19)/b2-1-. The summed E-state index contributed by atoms with van der Waals surface area (Å²) in [5, 5.41) is 7.96. The number of carbonyl (C=O) groups excluding carboxylic acids is 1. The molecule has 0 aliphatic carbocycles. The Kier molecular flexibility index (Phi) is 4.94. The summed E-state index contributed by atoms with van der Waals surface area (Å²) in [5.74, 6) is -18.8. The van der Waals surface area contributed by atoms with Gasteiger partial charge in [0.1, 0.15) is 0 Å². The van der Waals surface area contributed by atoms with E-state index in [0.29, 0.717) is 0 Å². The number of alkyl halides is 9. The molecule has 13 heteroatoms. The molecular weight excluding hydrogens is 331 g/mol. The van der Waals surface area contributed by atoms with Crippen molar-refractivity contribution in [2.45, 2.75) is 24.1 Å². The maximum Gasteiger partial charge on any atom is 0.473 e. The van der Waals surface area contributed by atoms with Crippen LogP contribution in [-0.2, 0) is 14.3 Å². The highest BCUT2D eigenvalue weighted by Crippen LogP contribution is 2.53. The van der Waals surface area contributed by atoms with Crippen LogP contribution in [0.2, 0.25) is 0 Å². The fraction of sp³-hybridized carbons (Fsp3) is 0.500. The minimum Gasteiger partial charge on any atom is -0.478 e. The second-order valence-corrected chi connectivity index (χ2v) is 3.26. The van der Waals surface area contributed by atoms with Crippen LogP contribution in [0.4, 0.5) is 39.5 Å². The second-order valence-electron chi connectivity index (χ2n) is 3.26. The van der Waals surface area contributed by atoms with Gasteiger partial charge in [0, 0.05) is 12.2 Å². The first kappa shape index (κ1) is 19.1. The van der Waals surface area contributed by atoms with Gasteiger partial charge in [-0.1, -0.05) is 0 Å². The SMILES string of the molecule is O=C(O)/C=C\C(=O)OC(F)(F)C(F)(F)C(F)(F)C(F)(F)F. The van der Waals surface area contributed by atoms with Gasteiger partial charge in [0.2, 0.25) is 0 Å². The van der Waals surface area contributed by atoms with Crippen molar-refractivity contribution >= 4 is 11.9 Å². The predicted octanol–water partition coefficient (Wildman–Crippen LogP) is 2.60. The summed E-state index contributed by atoms with van der Waals surface area (Å²) in [7, 11) is 0. The van der Waals surface area contributed by atoms with Crippen LogP contribution in [0.3, 0.4) is 0 Å². The number of esters is 1. The van der Waals surface area contributed by atoms with Gasteiger partial charge in [0.15, 0.2) is 0 Å². The molecule has 0 rings (SSSR count). The largest absolute Gasteiger partial charge is 0.478 e. The van der Waals surface area contributed by atoms with Crippen LogP contribution in [-0.4, -0.2) is 41.2 Å². The molecule has 0 aromatic carbocycles. The lowest BCUT2D eigenvalue weighted by atomic mass is 10.1. The number of halogens is 9. The monoisotopic (exact) mass is 334 g/mol. The van der Waals surface area contributed by atoms with E-state index in [-0.39, 0.29) is 6.08 Å². The molecule has 0 aromatic heterocycles. The van der Waals surface area contributed by atoms with E-state index in [9.17, 15) is 49.1 Å². The maximum absolute atomic E-state index is 12.6. The summed E-state index contributed by atoms with van der Waals surface area (Å²) in [4.78, 5) is 20.3. The van der Waals surface area contributed by atoms with Crippen molar-refractivity contribution < 1.29 is 58.9 Å². The van der Waals surface area contributed by atoms with E-state index in [1.807, 2.05) is 0 Å². The molecule has 0 saturated heterocycles. The summed E-state index contributed by atoms with van der Waals surface area (Å²) in [5.41, 5.74) is 0. The lowest BCUT2D eigenvalue weighted by Crippen LogP contribution is -2.62. The van der Waals surface area contributed by atoms with Gasteiger partial charge >= 0.3 is 36.1 Å². The van der Waals surface area contributed by atoms with Gasteiger partial charge in [-0.2, -0.15) is 39.5 Å². The summed E-state index contributed by atoms with van der Waals surface area (Å²) >= 11 is 0. The Morgan fingerprint density at radius 1 is 0.810 bits per heavy atom. The predicted molar refractivity (Wildman–Crippen MR) is 43.8 cm³/mol. The number of aliphatic carboxylic acids is 1. The van der Waals surface area contributed by atoms with Gasteiger partial charge in [-0.25, -0.2) is 9.59 Å². The van der Waals surface area contributed by atoms with Crippen molar-refractivity contribution in [3.05, 3.63) is 12.2 Å². The third-order valence-electron chi connectivity index (χ3n) is 1.71. The normalized spacial score (nSPS) is 14.3. The summed E-state index contributed by atoms with van der Waals surface area (Å²) in [6, 6.07) is 0. The smallest absolute Gasteiger partial charge is 0.473 e. The van der Waals surface area contributed by atoms with Crippen molar-refractivity contribution in [3.63, 3.8) is 0 Å². The van der Waals surface area contributed by atoms with E-state index in [0.717, 1.165) is 0 Å². The van der Waals surface area contributed by atoms with E-state index in [1.54, 1.807) is 0 Å². The van der Waals surface area contributed by atoms with Gasteiger partial charge in [0.05, 0.1) is 0 Å². The fourth-order valence-corrected chi connectivity index (χ4v) is 0.725. The summed E-state index contributed by atoms with van der Waals surface area (Å²) < 4.78 is 113. The molecule has 0 heterocycles. The molecule has 0 unspecified atom stereocenters. The molecular formula is C8H3F9O4. The first-order valence-corrected chi connectivity index (χ1v) is 4.40. The Balaban J connectivity index is 5.40. The summed E-state index contributed by atoms with van der Waals surface area (Å²) in [6.07, 6.45) is -14.2. The molecule has 0 aliphatic rings. The zero-order valence-electron chi connectivity index (χ0n) is 9.23. The van der Waals surface area contributed by atoms with Crippen molar-refractivity contribution in [3.8, 4) is 0 Å². The van der Waals surface area contributed by atoms with Crippen LogP contribution in [0, 0.1) is 0 Å². The molecule has 0 bridgehead atoms. The molecule has 0 fully saturated rings. The van der Waals surface area contributed by atoms with Crippen molar-refractivity contribution in [1.29, 1.82) is 0 Å². The molecule has 4 nitrogen and oxygen atoms in total. The number of carboxylic acid groups (broad SMARTS) is 1. The highest BCUT2D eigenvalue weighted by Gasteiger charge is 2.83. The van der Waals surface area contributed by atoms with E-state index >= 15 is 0 Å². The molecule has 1 N–H and O–H groups in total. The number of carbonyl (C=O) groups is 2. The highest BCUT2D eigenvalue weighted by molar-refractivity contribution is 5.90. The third kappa shape index (κ3) is 3.78. The van der Waals surface area contributed by atoms with Gasteiger partial charge < -0.3 is 9.84 Å². The van der Waals surface area contributed by atoms with Crippen LogP contribution in [0.5, 0.6) is 0 Å².